The van der Waals surface area contributed by atoms with Crippen molar-refractivity contribution in [3.05, 3.63) is 67.4 Å². The third-order valence-corrected chi connectivity index (χ3v) is 4.30. The molecule has 0 aliphatic carbocycles. The highest BCUT2D eigenvalue weighted by molar-refractivity contribution is 6.30. The van der Waals surface area contributed by atoms with E-state index in [1.807, 2.05) is 0 Å². The lowest BCUT2D eigenvalue weighted by molar-refractivity contribution is -0.116. The number of carbonyl (C=O) groups excluding carboxylic acids is 1. The number of anilines is 1. The molecule has 8 heteroatoms. The summed E-state index contributed by atoms with van der Waals surface area (Å²) >= 11 is 5.81. The van der Waals surface area contributed by atoms with Crippen molar-refractivity contribution in [2.75, 3.05) is 5.32 Å². The Balaban J connectivity index is 2.02. The van der Waals surface area contributed by atoms with Crippen LogP contribution in [0.5, 0.6) is 0 Å². The Morgan fingerprint density at radius 3 is 2.50 bits per heavy atom. The maximum Gasteiger partial charge on any atom is 0.332 e. The molecule has 0 radical (unpaired) electrons. The van der Waals surface area contributed by atoms with Crippen molar-refractivity contribution in [2.45, 2.75) is 20.4 Å². The zero-order valence-corrected chi connectivity index (χ0v) is 15.3. The molecule has 2 aromatic heterocycles. The summed E-state index contributed by atoms with van der Waals surface area (Å²) in [6, 6.07) is 8.31. The van der Waals surface area contributed by atoms with E-state index >= 15 is 0 Å². The summed E-state index contributed by atoms with van der Waals surface area (Å²) in [4.78, 5) is 41.9. The molecule has 0 bridgehead atoms. The minimum atomic E-state index is -0.591. The van der Waals surface area contributed by atoms with Gasteiger partial charge in [-0.05, 0) is 49.7 Å². The molecule has 1 amide bonds. The number of rotatable bonds is 3. The summed E-state index contributed by atoms with van der Waals surface area (Å²) in [6.45, 7) is 3.18. The molecule has 3 aromatic rings. The molecule has 0 spiro atoms. The fourth-order valence-corrected chi connectivity index (χ4v) is 2.96. The average Bonchev–Trinajstić information content (AvgIpc) is 2.58. The minimum absolute atomic E-state index is 0.312. The smallest absolute Gasteiger partial charge is 0.325 e. The van der Waals surface area contributed by atoms with Crippen LogP contribution in [0.2, 0.25) is 5.02 Å². The zero-order valence-electron chi connectivity index (χ0n) is 14.5. The van der Waals surface area contributed by atoms with Crippen molar-refractivity contribution >= 4 is 34.2 Å². The molecule has 0 saturated heterocycles. The molecule has 2 heterocycles. The number of hydrogen-bond acceptors (Lipinski definition) is 4. The van der Waals surface area contributed by atoms with Crippen LogP contribution in [-0.4, -0.2) is 20.0 Å². The Morgan fingerprint density at radius 2 is 1.85 bits per heavy atom. The molecular formula is C18H17ClN4O3. The predicted octanol–water partition coefficient (Wildman–Crippen LogP) is 2.00. The molecule has 0 saturated carbocycles. The van der Waals surface area contributed by atoms with Crippen molar-refractivity contribution in [3.8, 4) is 0 Å². The Morgan fingerprint density at radius 1 is 1.19 bits per heavy atom. The maximum absolute atomic E-state index is 12.8. The zero-order chi connectivity index (χ0) is 19.0. The molecule has 26 heavy (non-hydrogen) atoms. The second-order valence-corrected chi connectivity index (χ2v) is 6.50. The summed E-state index contributed by atoms with van der Waals surface area (Å²) in [5, 5.41) is 3.52. The van der Waals surface area contributed by atoms with E-state index in [0.717, 1.165) is 4.57 Å². The van der Waals surface area contributed by atoms with E-state index in [1.165, 1.54) is 11.6 Å². The van der Waals surface area contributed by atoms with Gasteiger partial charge in [-0.2, -0.15) is 0 Å². The number of amides is 1. The second kappa shape index (κ2) is 6.76. The fourth-order valence-electron chi connectivity index (χ4n) is 2.83. The topological polar surface area (TPSA) is 86.0 Å². The number of nitrogens with one attached hydrogen (secondary N) is 1. The van der Waals surface area contributed by atoms with Crippen LogP contribution in [0.3, 0.4) is 0 Å². The van der Waals surface area contributed by atoms with Gasteiger partial charge in [-0.1, -0.05) is 11.6 Å². The molecule has 1 N–H and O–H groups in total. The molecule has 7 nitrogen and oxygen atoms in total. The highest BCUT2D eigenvalue weighted by atomic mass is 35.5. The Bertz CT molecular complexity index is 1130. The van der Waals surface area contributed by atoms with Gasteiger partial charge in [0.1, 0.15) is 12.2 Å². The number of hydrogen-bond donors (Lipinski definition) is 1. The molecule has 0 fully saturated rings. The van der Waals surface area contributed by atoms with E-state index in [4.69, 9.17) is 11.6 Å². The number of aromatic nitrogens is 3. The van der Waals surface area contributed by atoms with Crippen molar-refractivity contribution in [1.82, 2.24) is 14.1 Å². The first-order valence-electron chi connectivity index (χ1n) is 7.91. The Hall–Kier alpha value is -2.93. The third-order valence-electron chi connectivity index (χ3n) is 4.05. The molecule has 0 aliphatic rings. The predicted molar refractivity (Wildman–Crippen MR) is 101 cm³/mol. The first kappa shape index (κ1) is 17.9. The van der Waals surface area contributed by atoms with Gasteiger partial charge in [-0.15, -0.1) is 0 Å². The van der Waals surface area contributed by atoms with Crippen LogP contribution in [0, 0.1) is 13.8 Å². The summed E-state index contributed by atoms with van der Waals surface area (Å²) in [5.74, 6) is -0.483. The van der Waals surface area contributed by atoms with Crippen molar-refractivity contribution in [3.63, 3.8) is 0 Å². The largest absolute Gasteiger partial charge is 0.332 e. The second-order valence-electron chi connectivity index (χ2n) is 6.07. The lowest BCUT2D eigenvalue weighted by Gasteiger charge is -2.12. The van der Waals surface area contributed by atoms with Crippen LogP contribution in [0.1, 0.15) is 11.3 Å². The van der Waals surface area contributed by atoms with Crippen molar-refractivity contribution < 1.29 is 4.79 Å². The van der Waals surface area contributed by atoms with E-state index < -0.39 is 23.7 Å². The van der Waals surface area contributed by atoms with Gasteiger partial charge in [-0.25, -0.2) is 9.78 Å². The quantitative estimate of drug-likeness (QED) is 0.762. The highest BCUT2D eigenvalue weighted by Crippen LogP contribution is 2.14. The number of nitrogens with zero attached hydrogens (tertiary/aromatic N) is 3. The number of benzene rings is 1. The van der Waals surface area contributed by atoms with Gasteiger partial charge in [0.2, 0.25) is 5.91 Å². The first-order valence-corrected chi connectivity index (χ1v) is 8.29. The van der Waals surface area contributed by atoms with Crippen LogP contribution in [0.4, 0.5) is 5.69 Å². The normalized spacial score (nSPS) is 10.9. The number of pyridine rings is 1. The highest BCUT2D eigenvalue weighted by Gasteiger charge is 2.16. The molecule has 1 aromatic carbocycles. The van der Waals surface area contributed by atoms with E-state index in [0.29, 0.717) is 33.0 Å². The van der Waals surface area contributed by atoms with Crippen molar-refractivity contribution in [1.29, 1.82) is 0 Å². The number of carbonyl (C=O) groups is 1. The van der Waals surface area contributed by atoms with Crippen molar-refractivity contribution in [2.24, 2.45) is 7.05 Å². The molecule has 3 rings (SSSR count). The first-order chi connectivity index (χ1) is 12.3. The van der Waals surface area contributed by atoms with Gasteiger partial charge >= 0.3 is 5.69 Å². The SMILES string of the molecule is Cc1cc(C)c2c(=O)n(CC(=O)Nc3ccc(Cl)cc3)c(=O)n(C)c2n1. The van der Waals surface area contributed by atoms with Gasteiger partial charge in [0.05, 0.1) is 5.39 Å². The monoisotopic (exact) mass is 372 g/mol. The number of halogens is 1. The third kappa shape index (κ3) is 3.25. The lowest BCUT2D eigenvalue weighted by atomic mass is 10.2. The van der Waals surface area contributed by atoms with Gasteiger partial charge in [0.15, 0.2) is 0 Å². The Kier molecular flexibility index (Phi) is 4.65. The molecule has 134 valence electrons. The summed E-state index contributed by atoms with van der Waals surface area (Å²) in [7, 11) is 1.53. The van der Waals surface area contributed by atoms with Gasteiger partial charge in [0.25, 0.3) is 5.56 Å². The van der Waals surface area contributed by atoms with E-state index in [9.17, 15) is 14.4 Å². The standard InChI is InChI=1S/C18H17ClN4O3/c1-10-8-11(2)20-16-15(10)17(25)23(18(26)22(16)3)9-14(24)21-13-6-4-12(19)5-7-13/h4-8H,9H2,1-3H3,(H,21,24). The Labute approximate surface area is 153 Å². The summed E-state index contributed by atoms with van der Waals surface area (Å²) in [6.07, 6.45) is 0. The number of aryl methyl sites for hydroxylation is 3. The van der Waals surface area contributed by atoms with Crippen LogP contribution >= 0.6 is 11.6 Å². The minimum Gasteiger partial charge on any atom is -0.325 e. The van der Waals surface area contributed by atoms with Gasteiger partial charge < -0.3 is 5.32 Å². The van der Waals surface area contributed by atoms with Crippen LogP contribution in [-0.2, 0) is 18.4 Å². The van der Waals surface area contributed by atoms with E-state index in [1.54, 1.807) is 44.2 Å². The lowest BCUT2D eigenvalue weighted by Crippen LogP contribution is -2.42. The van der Waals surface area contributed by atoms with Crippen LogP contribution < -0.4 is 16.6 Å². The maximum atomic E-state index is 12.8. The molecule has 0 atom stereocenters. The summed E-state index contributed by atoms with van der Waals surface area (Å²) in [5.41, 5.74) is 1.14. The molecule has 0 unspecified atom stereocenters. The van der Waals surface area contributed by atoms with Gasteiger partial charge in [0, 0.05) is 23.5 Å². The molecular weight excluding hydrogens is 356 g/mol. The van der Waals surface area contributed by atoms with E-state index in [2.05, 4.69) is 10.3 Å². The van der Waals surface area contributed by atoms with Crippen LogP contribution in [0.15, 0.2) is 39.9 Å². The number of fused-ring (bicyclic) bond motifs is 1. The summed E-state index contributed by atoms with van der Waals surface area (Å²) < 4.78 is 2.20. The van der Waals surface area contributed by atoms with E-state index in [-0.39, 0.29) is 0 Å². The fraction of sp³-hybridized carbons (Fsp3) is 0.222. The van der Waals surface area contributed by atoms with Gasteiger partial charge in [-0.3, -0.25) is 18.7 Å². The molecule has 0 aliphatic heterocycles. The van der Waals surface area contributed by atoms with Crippen LogP contribution in [0.25, 0.3) is 11.0 Å². The average molecular weight is 373 g/mol.